The van der Waals surface area contributed by atoms with Gasteiger partial charge in [0, 0.05) is 12.8 Å². The molecule has 5 atom stereocenters. The second-order valence-corrected chi connectivity index (χ2v) is 10.9. The van der Waals surface area contributed by atoms with E-state index in [0.29, 0.717) is 29.7 Å². The van der Waals surface area contributed by atoms with Crippen molar-refractivity contribution in [3.05, 3.63) is 59.7 Å². The summed E-state index contributed by atoms with van der Waals surface area (Å²) in [5.41, 5.74) is 7.18. The van der Waals surface area contributed by atoms with Crippen molar-refractivity contribution in [2.75, 3.05) is 12.0 Å². The molecule has 0 heterocycles. The molecule has 12 heteroatoms. The van der Waals surface area contributed by atoms with Crippen LogP contribution in [0.5, 0.6) is 11.5 Å². The van der Waals surface area contributed by atoms with Gasteiger partial charge in [0.25, 0.3) is 0 Å². The van der Waals surface area contributed by atoms with Crippen molar-refractivity contribution < 1.29 is 34.5 Å². The minimum Gasteiger partial charge on any atom is -0.508 e. The first kappa shape index (κ1) is 33.4. The zero-order chi connectivity index (χ0) is 30.5. The minimum absolute atomic E-state index is 0.00217. The summed E-state index contributed by atoms with van der Waals surface area (Å²) in [6.07, 6.45) is 2.84. The summed E-state index contributed by atoms with van der Waals surface area (Å²) < 4.78 is 0. The highest BCUT2D eigenvalue weighted by Crippen LogP contribution is 2.15. The molecule has 2 aromatic carbocycles. The van der Waals surface area contributed by atoms with Crippen LogP contribution >= 0.6 is 11.8 Å². The summed E-state index contributed by atoms with van der Waals surface area (Å²) in [4.78, 5) is 51.7. The Balaban J connectivity index is 2.27. The first-order valence-corrected chi connectivity index (χ1v) is 14.8. The molecule has 11 nitrogen and oxygen atoms in total. The van der Waals surface area contributed by atoms with Gasteiger partial charge in [-0.15, -0.1) is 0 Å². The fourth-order valence-electron chi connectivity index (χ4n) is 4.02. The number of carboxylic acid groups (broad SMARTS) is 1. The van der Waals surface area contributed by atoms with E-state index < -0.39 is 47.9 Å². The molecule has 2 aromatic rings. The SMILES string of the molecule is CCC(C)C(NC(=O)C(N)CCSC)C(=O)NC(Cc1ccc(O)cc1)C(=O)NC(Cc1ccc(O)cc1)C(=O)O. The summed E-state index contributed by atoms with van der Waals surface area (Å²) >= 11 is 1.55. The molecule has 0 spiro atoms. The standard InChI is InChI=1S/C29H40N4O7S/c1-4-17(2)25(33-26(36)22(30)13-14-41-3)28(38)31-23(15-18-5-9-20(34)10-6-18)27(37)32-24(29(39)40)16-19-7-11-21(35)12-8-19/h5-12,17,22-25,34-35H,4,13-16,30H2,1-3H3,(H,31,38)(H,32,37)(H,33,36)(H,39,40). The number of phenols is 2. The van der Waals surface area contributed by atoms with Crippen molar-refractivity contribution in [3.63, 3.8) is 0 Å². The molecule has 8 N–H and O–H groups in total. The van der Waals surface area contributed by atoms with Gasteiger partial charge in [0.1, 0.15) is 29.6 Å². The second-order valence-electron chi connectivity index (χ2n) is 9.96. The molecular weight excluding hydrogens is 548 g/mol. The van der Waals surface area contributed by atoms with Crippen LogP contribution in [0.2, 0.25) is 0 Å². The summed E-state index contributed by atoms with van der Waals surface area (Å²) in [5.74, 6) is -2.64. The average Bonchev–Trinajstić information content (AvgIpc) is 2.95. The maximum atomic E-state index is 13.5. The Morgan fingerprint density at radius 3 is 1.76 bits per heavy atom. The van der Waals surface area contributed by atoms with Crippen LogP contribution in [-0.4, -0.2) is 75.2 Å². The molecule has 0 fully saturated rings. The van der Waals surface area contributed by atoms with Crippen molar-refractivity contribution in [1.29, 1.82) is 0 Å². The van der Waals surface area contributed by atoms with Crippen molar-refractivity contribution in [1.82, 2.24) is 16.0 Å². The Morgan fingerprint density at radius 1 is 0.805 bits per heavy atom. The molecule has 3 amide bonds. The van der Waals surface area contributed by atoms with Gasteiger partial charge < -0.3 is 37.0 Å². The number of nitrogens with one attached hydrogen (secondary N) is 3. The lowest BCUT2D eigenvalue weighted by molar-refractivity contribution is -0.142. The third-order valence-electron chi connectivity index (χ3n) is 6.76. The minimum atomic E-state index is -1.31. The molecular formula is C29H40N4O7S. The number of aliphatic carboxylic acids is 1. The van der Waals surface area contributed by atoms with E-state index in [4.69, 9.17) is 5.73 Å². The van der Waals surface area contributed by atoms with Crippen molar-refractivity contribution in [3.8, 4) is 11.5 Å². The van der Waals surface area contributed by atoms with E-state index in [0.717, 1.165) is 0 Å². The van der Waals surface area contributed by atoms with Gasteiger partial charge >= 0.3 is 5.97 Å². The van der Waals surface area contributed by atoms with Gasteiger partial charge in [0.15, 0.2) is 0 Å². The van der Waals surface area contributed by atoms with Gasteiger partial charge in [-0.3, -0.25) is 14.4 Å². The number of benzene rings is 2. The highest BCUT2D eigenvalue weighted by atomic mass is 32.2. The van der Waals surface area contributed by atoms with Crippen LogP contribution in [0.15, 0.2) is 48.5 Å². The monoisotopic (exact) mass is 588 g/mol. The van der Waals surface area contributed by atoms with Gasteiger partial charge in [-0.1, -0.05) is 44.5 Å². The first-order valence-electron chi connectivity index (χ1n) is 13.4. The maximum Gasteiger partial charge on any atom is 0.326 e. The molecule has 0 radical (unpaired) electrons. The predicted molar refractivity (Wildman–Crippen MR) is 157 cm³/mol. The van der Waals surface area contributed by atoms with Crippen molar-refractivity contribution in [2.24, 2.45) is 11.7 Å². The number of thioether (sulfide) groups is 1. The quantitative estimate of drug-likeness (QED) is 0.152. The Morgan fingerprint density at radius 2 is 1.29 bits per heavy atom. The Bertz CT molecular complexity index is 1160. The van der Waals surface area contributed by atoms with Gasteiger partial charge in [-0.25, -0.2) is 4.79 Å². The lowest BCUT2D eigenvalue weighted by atomic mass is 9.96. The Kier molecular flexibility index (Phi) is 13.4. The lowest BCUT2D eigenvalue weighted by Crippen LogP contribution is -2.59. The number of phenolic OH excluding ortho intramolecular Hbond substituents is 2. The van der Waals surface area contributed by atoms with Crippen LogP contribution in [0.25, 0.3) is 0 Å². The summed E-state index contributed by atoms with van der Waals surface area (Å²) in [6.45, 7) is 3.66. The normalized spacial score (nSPS) is 14.6. The van der Waals surface area contributed by atoms with E-state index in [-0.39, 0.29) is 30.3 Å². The molecule has 0 saturated carbocycles. The summed E-state index contributed by atoms with van der Waals surface area (Å²) in [6, 6.07) is 7.71. The smallest absolute Gasteiger partial charge is 0.326 e. The maximum absolute atomic E-state index is 13.5. The van der Waals surface area contributed by atoms with Gasteiger partial charge in [0.05, 0.1) is 6.04 Å². The third-order valence-corrected chi connectivity index (χ3v) is 7.41. The number of aromatic hydroxyl groups is 2. The molecule has 0 aliphatic heterocycles. The lowest BCUT2D eigenvalue weighted by Gasteiger charge is -2.28. The highest BCUT2D eigenvalue weighted by molar-refractivity contribution is 7.98. The fraction of sp³-hybridized carbons (Fsp3) is 0.448. The predicted octanol–water partition coefficient (Wildman–Crippen LogP) is 1.55. The van der Waals surface area contributed by atoms with E-state index in [2.05, 4.69) is 16.0 Å². The largest absolute Gasteiger partial charge is 0.508 e. The molecule has 0 aromatic heterocycles. The molecule has 41 heavy (non-hydrogen) atoms. The number of carbonyl (C=O) groups excluding carboxylic acids is 3. The van der Waals surface area contributed by atoms with Crippen LogP contribution in [0, 0.1) is 5.92 Å². The number of nitrogens with two attached hydrogens (primary N) is 1. The summed E-state index contributed by atoms with van der Waals surface area (Å²) in [5, 5.41) is 36.9. The van der Waals surface area contributed by atoms with E-state index in [1.807, 2.05) is 13.2 Å². The average molecular weight is 589 g/mol. The number of hydrogen-bond acceptors (Lipinski definition) is 8. The summed E-state index contributed by atoms with van der Waals surface area (Å²) in [7, 11) is 0. The van der Waals surface area contributed by atoms with Crippen molar-refractivity contribution in [2.45, 2.75) is 63.7 Å². The van der Waals surface area contributed by atoms with Gasteiger partial charge in [-0.05, 0) is 59.7 Å². The number of hydrogen-bond donors (Lipinski definition) is 7. The van der Waals surface area contributed by atoms with Gasteiger partial charge in [0.2, 0.25) is 17.7 Å². The Hall–Kier alpha value is -3.77. The zero-order valence-corrected chi connectivity index (χ0v) is 24.3. The molecule has 2 rings (SSSR count). The Labute approximate surface area is 244 Å². The number of rotatable bonds is 16. The van der Waals surface area contributed by atoms with Gasteiger partial charge in [-0.2, -0.15) is 11.8 Å². The van der Waals surface area contributed by atoms with E-state index >= 15 is 0 Å². The van der Waals surface area contributed by atoms with Crippen molar-refractivity contribution >= 4 is 35.5 Å². The molecule has 0 saturated heterocycles. The topological polar surface area (TPSA) is 191 Å². The van der Waals surface area contributed by atoms with Crippen LogP contribution in [0.3, 0.4) is 0 Å². The molecule has 0 aliphatic carbocycles. The van der Waals surface area contributed by atoms with E-state index in [9.17, 15) is 34.5 Å². The second kappa shape index (κ2) is 16.5. The zero-order valence-electron chi connectivity index (χ0n) is 23.5. The molecule has 5 unspecified atom stereocenters. The third kappa shape index (κ3) is 11.0. The number of carbonyl (C=O) groups is 4. The van der Waals surface area contributed by atoms with Crippen LogP contribution in [0.4, 0.5) is 0 Å². The van der Waals surface area contributed by atoms with Crippen LogP contribution < -0.4 is 21.7 Å². The van der Waals surface area contributed by atoms with Crippen LogP contribution in [0.1, 0.15) is 37.8 Å². The number of amides is 3. The highest BCUT2D eigenvalue weighted by Gasteiger charge is 2.32. The first-order chi connectivity index (χ1) is 19.4. The van der Waals surface area contributed by atoms with Crippen LogP contribution in [-0.2, 0) is 32.0 Å². The molecule has 224 valence electrons. The van der Waals surface area contributed by atoms with E-state index in [1.54, 1.807) is 43.0 Å². The molecule has 0 bridgehead atoms. The fourth-order valence-corrected chi connectivity index (χ4v) is 4.51. The number of carboxylic acids is 1. The molecule has 0 aliphatic rings. The van der Waals surface area contributed by atoms with E-state index in [1.165, 1.54) is 24.3 Å².